The predicted molar refractivity (Wildman–Crippen MR) is 61.3 cm³/mol. The number of rotatable bonds is 3. The normalized spacial score (nSPS) is 26.9. The Bertz CT molecular complexity index is 191. The zero-order valence-corrected chi connectivity index (χ0v) is 9.68. The lowest BCUT2D eigenvalue weighted by molar-refractivity contribution is 0.0833. The zero-order chi connectivity index (χ0) is 10.4. The molecule has 0 spiro atoms. The summed E-state index contributed by atoms with van der Waals surface area (Å²) in [5.74, 6) is 0. The van der Waals surface area contributed by atoms with Gasteiger partial charge in [0.15, 0.2) is 0 Å². The lowest BCUT2D eigenvalue weighted by Gasteiger charge is -2.27. The van der Waals surface area contributed by atoms with Crippen LogP contribution in [0.4, 0.5) is 0 Å². The first kappa shape index (κ1) is 11.8. The van der Waals surface area contributed by atoms with E-state index < -0.39 is 5.60 Å². The van der Waals surface area contributed by atoms with Crippen LogP contribution in [0.5, 0.6) is 0 Å². The minimum Gasteiger partial charge on any atom is -0.386 e. The number of aliphatic hydroxyl groups is 1. The molecule has 0 bridgehead atoms. The van der Waals surface area contributed by atoms with Gasteiger partial charge in [-0.25, -0.2) is 0 Å². The summed E-state index contributed by atoms with van der Waals surface area (Å²) in [4.78, 5) is 0. The smallest absolute Gasteiger partial charge is 0.0828 e. The van der Waals surface area contributed by atoms with E-state index in [1.807, 2.05) is 6.92 Å². The summed E-state index contributed by atoms with van der Waals surface area (Å²) in [6.07, 6.45) is 11.8. The molecule has 0 aromatic carbocycles. The molecule has 0 aromatic rings. The van der Waals surface area contributed by atoms with E-state index in [-0.39, 0.29) is 0 Å². The van der Waals surface area contributed by atoms with E-state index in [9.17, 15) is 5.11 Å². The molecule has 0 aromatic heterocycles. The molecule has 0 amide bonds. The molecule has 1 unspecified atom stereocenters. The van der Waals surface area contributed by atoms with Gasteiger partial charge in [0.05, 0.1) is 5.60 Å². The van der Waals surface area contributed by atoms with E-state index in [1.165, 1.54) is 31.3 Å². The van der Waals surface area contributed by atoms with E-state index in [1.54, 1.807) is 0 Å². The molecule has 1 N–H and O–H groups in total. The Morgan fingerprint density at radius 3 is 2.71 bits per heavy atom. The third kappa shape index (κ3) is 3.45. The highest BCUT2D eigenvalue weighted by atomic mass is 16.3. The Hall–Kier alpha value is -0.300. The zero-order valence-electron chi connectivity index (χ0n) is 9.68. The third-order valence-corrected chi connectivity index (χ3v) is 3.22. The second-order valence-electron chi connectivity index (χ2n) is 4.71. The molecule has 14 heavy (non-hydrogen) atoms. The summed E-state index contributed by atoms with van der Waals surface area (Å²) in [6.45, 7) is 4.11. The summed E-state index contributed by atoms with van der Waals surface area (Å²) >= 11 is 0. The Kier molecular flexibility index (Phi) is 4.67. The summed E-state index contributed by atoms with van der Waals surface area (Å²) in [6, 6.07) is 0. The number of hydrogen-bond donors (Lipinski definition) is 1. The first-order chi connectivity index (χ1) is 6.67. The standard InChI is InChI=1S/C13H24O/c1-3-11-13(2,14)12-9-7-5-4-6-8-10-12/h9,14H,3-8,10-11H2,1-2H3/b12-9+. The molecule has 0 aliphatic heterocycles. The summed E-state index contributed by atoms with van der Waals surface area (Å²) in [5.41, 5.74) is 0.755. The second kappa shape index (κ2) is 5.55. The highest BCUT2D eigenvalue weighted by Crippen LogP contribution is 2.29. The minimum absolute atomic E-state index is 0.536. The highest BCUT2D eigenvalue weighted by Gasteiger charge is 2.24. The fourth-order valence-corrected chi connectivity index (χ4v) is 2.33. The van der Waals surface area contributed by atoms with E-state index in [0.29, 0.717) is 0 Å². The molecular weight excluding hydrogens is 172 g/mol. The van der Waals surface area contributed by atoms with Gasteiger partial charge in [0.25, 0.3) is 0 Å². The van der Waals surface area contributed by atoms with E-state index in [4.69, 9.17) is 0 Å². The van der Waals surface area contributed by atoms with Crippen LogP contribution in [0.2, 0.25) is 0 Å². The quantitative estimate of drug-likeness (QED) is 0.680. The average Bonchev–Trinajstić information content (AvgIpc) is 2.01. The molecule has 0 fully saturated rings. The average molecular weight is 196 g/mol. The van der Waals surface area contributed by atoms with Crippen LogP contribution in [0.1, 0.15) is 65.2 Å². The van der Waals surface area contributed by atoms with Gasteiger partial charge in [-0.2, -0.15) is 0 Å². The fourth-order valence-electron chi connectivity index (χ4n) is 2.33. The van der Waals surface area contributed by atoms with E-state index in [2.05, 4.69) is 13.0 Å². The van der Waals surface area contributed by atoms with Gasteiger partial charge in [-0.1, -0.05) is 32.3 Å². The van der Waals surface area contributed by atoms with Crippen molar-refractivity contribution in [1.29, 1.82) is 0 Å². The van der Waals surface area contributed by atoms with Crippen molar-refractivity contribution < 1.29 is 5.11 Å². The van der Waals surface area contributed by atoms with Crippen LogP contribution < -0.4 is 0 Å². The molecule has 1 rings (SSSR count). The highest BCUT2D eigenvalue weighted by molar-refractivity contribution is 5.15. The van der Waals surface area contributed by atoms with Crippen molar-refractivity contribution in [3.8, 4) is 0 Å². The third-order valence-electron chi connectivity index (χ3n) is 3.22. The number of hydrogen-bond acceptors (Lipinski definition) is 1. The van der Waals surface area contributed by atoms with Crippen molar-refractivity contribution in [2.24, 2.45) is 0 Å². The molecule has 1 heteroatoms. The Morgan fingerprint density at radius 1 is 1.29 bits per heavy atom. The molecule has 0 radical (unpaired) electrons. The molecule has 1 aliphatic carbocycles. The molecule has 1 atom stereocenters. The molecule has 0 heterocycles. The van der Waals surface area contributed by atoms with Crippen LogP contribution in [-0.4, -0.2) is 10.7 Å². The summed E-state index contributed by atoms with van der Waals surface area (Å²) < 4.78 is 0. The van der Waals surface area contributed by atoms with Gasteiger partial charge >= 0.3 is 0 Å². The van der Waals surface area contributed by atoms with Crippen molar-refractivity contribution in [2.45, 2.75) is 70.8 Å². The van der Waals surface area contributed by atoms with Crippen molar-refractivity contribution in [3.05, 3.63) is 11.6 Å². The lowest BCUT2D eigenvalue weighted by atomic mass is 9.85. The van der Waals surface area contributed by atoms with Gasteiger partial charge < -0.3 is 5.11 Å². The van der Waals surface area contributed by atoms with E-state index in [0.717, 1.165) is 25.7 Å². The maximum Gasteiger partial charge on any atom is 0.0828 e. The minimum atomic E-state index is -0.536. The second-order valence-corrected chi connectivity index (χ2v) is 4.71. The molecule has 0 saturated heterocycles. The largest absolute Gasteiger partial charge is 0.386 e. The van der Waals surface area contributed by atoms with Crippen LogP contribution in [0.3, 0.4) is 0 Å². The van der Waals surface area contributed by atoms with Crippen molar-refractivity contribution in [1.82, 2.24) is 0 Å². The Balaban J connectivity index is 2.61. The van der Waals surface area contributed by atoms with Crippen LogP contribution in [-0.2, 0) is 0 Å². The Labute approximate surface area is 88.2 Å². The van der Waals surface area contributed by atoms with Crippen molar-refractivity contribution in [3.63, 3.8) is 0 Å². The van der Waals surface area contributed by atoms with Gasteiger partial charge in [0, 0.05) is 0 Å². The van der Waals surface area contributed by atoms with Crippen LogP contribution in [0.15, 0.2) is 11.6 Å². The molecule has 82 valence electrons. The van der Waals surface area contributed by atoms with Crippen LogP contribution >= 0.6 is 0 Å². The van der Waals surface area contributed by atoms with Crippen LogP contribution in [0.25, 0.3) is 0 Å². The molecule has 1 nitrogen and oxygen atoms in total. The predicted octanol–water partition coefficient (Wildman–Crippen LogP) is 3.82. The Morgan fingerprint density at radius 2 is 2.00 bits per heavy atom. The van der Waals surface area contributed by atoms with Gasteiger partial charge in [-0.15, -0.1) is 0 Å². The first-order valence-corrected chi connectivity index (χ1v) is 6.08. The summed E-state index contributed by atoms with van der Waals surface area (Å²) in [5, 5.41) is 10.3. The first-order valence-electron chi connectivity index (χ1n) is 6.08. The monoisotopic (exact) mass is 196 g/mol. The van der Waals surface area contributed by atoms with Crippen molar-refractivity contribution >= 4 is 0 Å². The van der Waals surface area contributed by atoms with E-state index >= 15 is 0 Å². The molecular formula is C13H24O. The van der Waals surface area contributed by atoms with Gasteiger partial charge in [-0.05, 0) is 44.6 Å². The molecule has 0 saturated carbocycles. The maximum atomic E-state index is 10.3. The molecule has 1 aliphatic rings. The fraction of sp³-hybridized carbons (Fsp3) is 0.846. The number of allylic oxidation sites excluding steroid dienone is 1. The lowest BCUT2D eigenvalue weighted by Crippen LogP contribution is -2.27. The van der Waals surface area contributed by atoms with Crippen LogP contribution in [0, 0.1) is 0 Å². The van der Waals surface area contributed by atoms with Gasteiger partial charge in [0.2, 0.25) is 0 Å². The van der Waals surface area contributed by atoms with Gasteiger partial charge in [-0.3, -0.25) is 0 Å². The van der Waals surface area contributed by atoms with Crippen molar-refractivity contribution in [2.75, 3.05) is 0 Å². The van der Waals surface area contributed by atoms with Gasteiger partial charge in [0.1, 0.15) is 0 Å². The maximum absolute atomic E-state index is 10.3. The SMILES string of the molecule is CCCC(C)(O)/C1=C/CCCCCC1. The summed E-state index contributed by atoms with van der Waals surface area (Å²) in [7, 11) is 0. The topological polar surface area (TPSA) is 20.2 Å².